The number of nitrogens with zero attached hydrogens (tertiary/aromatic N) is 3. The summed E-state index contributed by atoms with van der Waals surface area (Å²) in [5.41, 5.74) is 11.2. The minimum atomic E-state index is -4.77. The zero-order chi connectivity index (χ0) is 35.8. The fourth-order valence-electron chi connectivity index (χ4n) is 5.74. The zero-order valence-electron chi connectivity index (χ0n) is 26.8. The first-order valence-electron chi connectivity index (χ1n) is 15.8. The smallest absolute Gasteiger partial charge is 0.406 e. The Balaban J connectivity index is 1.48. The maximum atomic E-state index is 12.7. The summed E-state index contributed by atoms with van der Waals surface area (Å²) < 4.78 is 44.1. The first kappa shape index (κ1) is 36.9. The third kappa shape index (κ3) is 9.67. The molecule has 50 heavy (non-hydrogen) atoms. The number of hydrogen-bond acceptors (Lipinski definition) is 7. The van der Waals surface area contributed by atoms with Crippen molar-refractivity contribution in [3.8, 4) is 17.1 Å². The van der Waals surface area contributed by atoms with Crippen LogP contribution in [0.4, 0.5) is 18.9 Å². The fourth-order valence-corrected chi connectivity index (χ4v) is 6.06. The maximum absolute atomic E-state index is 12.7. The van der Waals surface area contributed by atoms with E-state index in [0.717, 1.165) is 33.5 Å². The van der Waals surface area contributed by atoms with E-state index in [1.807, 2.05) is 58.0 Å². The highest BCUT2D eigenvalue weighted by Gasteiger charge is 2.31. The van der Waals surface area contributed by atoms with Crippen LogP contribution in [0.2, 0.25) is 10.0 Å². The van der Waals surface area contributed by atoms with Crippen molar-refractivity contribution in [2.24, 2.45) is 5.73 Å². The number of fused-ring (bicyclic) bond motifs is 1. The van der Waals surface area contributed by atoms with E-state index < -0.39 is 18.3 Å². The van der Waals surface area contributed by atoms with Crippen LogP contribution >= 0.6 is 23.2 Å². The van der Waals surface area contributed by atoms with Crippen LogP contribution in [0.5, 0.6) is 5.75 Å². The van der Waals surface area contributed by atoms with Gasteiger partial charge >= 0.3 is 6.36 Å². The molecule has 0 aliphatic carbocycles. The third-order valence-corrected chi connectivity index (χ3v) is 8.87. The van der Waals surface area contributed by atoms with Crippen molar-refractivity contribution >= 4 is 45.8 Å². The first-order valence-corrected chi connectivity index (χ1v) is 16.6. The monoisotopic (exact) mass is 729 g/mol. The second-order valence-electron chi connectivity index (χ2n) is 11.6. The van der Waals surface area contributed by atoms with Gasteiger partial charge in [-0.15, -0.1) is 13.2 Å². The molecule has 1 atom stereocenters. The number of ether oxygens (including phenoxy) is 1. The van der Waals surface area contributed by atoms with Crippen molar-refractivity contribution in [2.75, 3.05) is 31.2 Å². The van der Waals surface area contributed by atoms with Gasteiger partial charge in [0.25, 0.3) is 0 Å². The normalized spacial score (nSPS) is 12.3. The van der Waals surface area contributed by atoms with E-state index in [-0.39, 0.29) is 25.4 Å². The minimum Gasteiger partial charge on any atom is -0.406 e. The number of amides is 1. The van der Waals surface area contributed by atoms with Crippen LogP contribution in [0.15, 0.2) is 84.9 Å². The van der Waals surface area contributed by atoms with Crippen molar-refractivity contribution in [1.82, 2.24) is 14.9 Å². The molecular formula is C36H36Cl2F3N5O4. The molecule has 0 saturated heterocycles. The standard InChI is InChI=1S/C36H36Cl2F3N5O4/c37-29-11-3-24(19-30(29)38)22-43-31(21-34(42)49)26-6-12-33-32(20-26)44-35(25-4-7-27(8-5-25)45(15-17-47)16-18-48)46(33)14-13-23-1-9-28(10-2-23)50-36(39,40)41/h1-12,19-20,31,43,47-48H,13-18,21-22H2,(H2,42,49). The van der Waals surface area contributed by atoms with E-state index in [1.165, 1.54) is 12.1 Å². The number of aromatic nitrogens is 2. The van der Waals surface area contributed by atoms with Gasteiger partial charge in [-0.1, -0.05) is 47.5 Å². The van der Waals surface area contributed by atoms with E-state index >= 15 is 0 Å². The highest BCUT2D eigenvalue weighted by Crippen LogP contribution is 2.31. The molecule has 1 amide bonds. The van der Waals surface area contributed by atoms with Crippen LogP contribution in [-0.2, 0) is 24.3 Å². The lowest BCUT2D eigenvalue weighted by molar-refractivity contribution is -0.274. The third-order valence-electron chi connectivity index (χ3n) is 8.13. The van der Waals surface area contributed by atoms with Crippen LogP contribution in [0.3, 0.4) is 0 Å². The summed E-state index contributed by atoms with van der Waals surface area (Å²) in [6, 6.07) is 24.0. The molecule has 0 fully saturated rings. The lowest BCUT2D eigenvalue weighted by Gasteiger charge is -2.23. The number of alkyl halides is 3. The molecule has 9 nitrogen and oxygen atoms in total. The number of aryl methyl sites for hydroxylation is 2. The lowest BCUT2D eigenvalue weighted by atomic mass is 10.0. The molecule has 1 unspecified atom stereocenters. The molecule has 0 aliphatic heterocycles. The number of carbonyl (C=O) groups is 1. The van der Waals surface area contributed by atoms with Gasteiger partial charge in [0.2, 0.25) is 5.91 Å². The molecule has 4 aromatic carbocycles. The number of hydrogen-bond donors (Lipinski definition) is 4. The van der Waals surface area contributed by atoms with Gasteiger partial charge in [0.1, 0.15) is 11.6 Å². The van der Waals surface area contributed by atoms with E-state index in [0.29, 0.717) is 54.0 Å². The molecule has 5 aromatic rings. The first-order chi connectivity index (χ1) is 23.9. The van der Waals surface area contributed by atoms with Crippen molar-refractivity contribution in [2.45, 2.75) is 38.3 Å². The van der Waals surface area contributed by atoms with E-state index in [9.17, 15) is 28.2 Å². The predicted molar refractivity (Wildman–Crippen MR) is 188 cm³/mol. The van der Waals surface area contributed by atoms with Crippen LogP contribution in [-0.4, -0.2) is 58.3 Å². The Morgan fingerprint density at radius 2 is 1.60 bits per heavy atom. The number of benzene rings is 4. The summed E-state index contributed by atoms with van der Waals surface area (Å²) in [7, 11) is 0. The number of nitrogens with two attached hydrogens (primary N) is 1. The number of nitrogens with one attached hydrogen (secondary N) is 1. The number of anilines is 1. The van der Waals surface area contributed by atoms with Gasteiger partial charge in [0.05, 0.1) is 34.3 Å². The molecule has 14 heteroatoms. The molecule has 0 aliphatic rings. The average molecular weight is 731 g/mol. The number of primary amides is 1. The largest absolute Gasteiger partial charge is 0.573 e. The van der Waals surface area contributed by atoms with Gasteiger partial charge in [-0.3, -0.25) is 4.79 Å². The quantitative estimate of drug-likeness (QED) is 0.0897. The average Bonchev–Trinajstić information content (AvgIpc) is 3.44. The van der Waals surface area contributed by atoms with Crippen LogP contribution < -0.4 is 20.7 Å². The number of halogens is 5. The highest BCUT2D eigenvalue weighted by atomic mass is 35.5. The number of imidazole rings is 1. The van der Waals surface area contributed by atoms with Crippen molar-refractivity contribution in [3.05, 3.63) is 112 Å². The summed E-state index contributed by atoms with van der Waals surface area (Å²) in [6.07, 6.45) is -4.25. The molecule has 0 bridgehead atoms. The maximum Gasteiger partial charge on any atom is 0.573 e. The summed E-state index contributed by atoms with van der Waals surface area (Å²) in [6.45, 7) is 1.44. The zero-order valence-corrected chi connectivity index (χ0v) is 28.3. The Morgan fingerprint density at radius 3 is 2.22 bits per heavy atom. The molecule has 0 spiro atoms. The van der Waals surface area contributed by atoms with Crippen molar-refractivity contribution in [3.63, 3.8) is 0 Å². The molecular weight excluding hydrogens is 694 g/mol. The molecule has 1 aromatic heterocycles. The van der Waals surface area contributed by atoms with E-state index in [4.69, 9.17) is 33.9 Å². The molecule has 1 heterocycles. The summed E-state index contributed by atoms with van der Waals surface area (Å²) >= 11 is 12.3. The number of carbonyl (C=O) groups excluding carboxylic acids is 1. The molecule has 264 valence electrons. The Labute approximate surface area is 297 Å². The van der Waals surface area contributed by atoms with E-state index in [2.05, 4.69) is 10.1 Å². The van der Waals surface area contributed by atoms with Crippen molar-refractivity contribution < 1.29 is 32.9 Å². The highest BCUT2D eigenvalue weighted by molar-refractivity contribution is 6.42. The summed E-state index contributed by atoms with van der Waals surface area (Å²) in [5.74, 6) is -0.115. The Morgan fingerprint density at radius 1 is 0.920 bits per heavy atom. The number of rotatable bonds is 16. The Bertz CT molecular complexity index is 1900. The lowest BCUT2D eigenvalue weighted by Crippen LogP contribution is -2.29. The van der Waals surface area contributed by atoms with Crippen molar-refractivity contribution in [1.29, 1.82) is 0 Å². The van der Waals surface area contributed by atoms with Gasteiger partial charge in [0.15, 0.2) is 0 Å². The van der Waals surface area contributed by atoms with Crippen LogP contribution in [0, 0.1) is 0 Å². The van der Waals surface area contributed by atoms with Gasteiger partial charge in [-0.25, -0.2) is 4.98 Å². The Kier molecular flexibility index (Phi) is 12.3. The topological polar surface area (TPSA) is 126 Å². The molecule has 0 saturated carbocycles. The minimum absolute atomic E-state index is 0.0358. The van der Waals surface area contributed by atoms with Crippen LogP contribution in [0.1, 0.15) is 29.2 Å². The summed E-state index contributed by atoms with van der Waals surface area (Å²) in [4.78, 5) is 19.0. The van der Waals surface area contributed by atoms with E-state index in [1.54, 1.807) is 24.3 Å². The number of aliphatic hydroxyl groups excluding tert-OH is 2. The fraction of sp³-hybridized carbons (Fsp3) is 0.278. The summed E-state index contributed by atoms with van der Waals surface area (Å²) in [5, 5.41) is 23.2. The molecule has 0 radical (unpaired) electrons. The van der Waals surface area contributed by atoms with Gasteiger partial charge in [-0.2, -0.15) is 0 Å². The molecule has 5 rings (SSSR count). The number of aliphatic hydroxyl groups is 2. The van der Waals surface area contributed by atoms with Gasteiger partial charge in [-0.05, 0) is 83.8 Å². The molecule has 5 N–H and O–H groups in total. The SMILES string of the molecule is NC(=O)CC(NCc1ccc(Cl)c(Cl)c1)c1ccc2c(c1)nc(-c1ccc(N(CCO)CCO)cc1)n2CCc1ccc(OC(F)(F)F)cc1. The predicted octanol–water partition coefficient (Wildman–Crippen LogP) is 6.65. The Hall–Kier alpha value is -4.33. The van der Waals surface area contributed by atoms with Gasteiger partial charge in [0, 0.05) is 49.9 Å². The second-order valence-corrected chi connectivity index (χ2v) is 12.4. The van der Waals surface area contributed by atoms with Gasteiger partial charge < -0.3 is 35.5 Å². The second kappa shape index (κ2) is 16.6. The van der Waals surface area contributed by atoms with Crippen LogP contribution in [0.25, 0.3) is 22.4 Å².